The molecule has 0 bridgehead atoms. The van der Waals surface area contributed by atoms with E-state index in [4.69, 9.17) is 9.72 Å². The number of nitrogens with zero attached hydrogens (tertiary/aromatic N) is 9. The minimum atomic E-state index is -4.76. The van der Waals surface area contributed by atoms with Gasteiger partial charge in [0.1, 0.15) is 49.9 Å². The molecule has 1 saturated carbocycles. The predicted molar refractivity (Wildman–Crippen MR) is 441 cm³/mol. The van der Waals surface area contributed by atoms with Gasteiger partial charge in [0.25, 0.3) is 0 Å². The van der Waals surface area contributed by atoms with Crippen LogP contribution in [0.1, 0.15) is 143 Å². The smallest absolute Gasteiger partial charge is 0.318 e. The van der Waals surface area contributed by atoms with Crippen molar-refractivity contribution in [2.24, 2.45) is 16.1 Å². The molecule has 28 heteroatoms. The first-order chi connectivity index (χ1) is 54.7. The summed E-state index contributed by atoms with van der Waals surface area (Å²) in [4.78, 5) is 81.6. The molecule has 2 fully saturated rings. The van der Waals surface area contributed by atoms with Gasteiger partial charge in [-0.25, -0.2) is 26.6 Å². The highest BCUT2D eigenvalue weighted by Crippen LogP contribution is 2.49. The van der Waals surface area contributed by atoms with Crippen LogP contribution in [-0.2, 0) is 55.0 Å². The van der Waals surface area contributed by atoms with Crippen LogP contribution in [0.5, 0.6) is 0 Å². The van der Waals surface area contributed by atoms with Crippen molar-refractivity contribution in [3.8, 4) is 5.69 Å². The Balaban J connectivity index is 0.676. The van der Waals surface area contributed by atoms with Gasteiger partial charge in [0.05, 0.1) is 39.8 Å². The van der Waals surface area contributed by atoms with E-state index in [1.807, 2.05) is 133 Å². The molecule has 1 saturated heterocycles. The third kappa shape index (κ3) is 21.0. The number of ether oxygens (including phenoxy) is 1. The summed E-state index contributed by atoms with van der Waals surface area (Å²) in [6.45, 7) is 19.3. The van der Waals surface area contributed by atoms with Crippen molar-refractivity contribution in [1.29, 1.82) is 0 Å². The molecule has 1 aliphatic carbocycles. The number of hydrogen-bond donors (Lipinski definition) is 5. The summed E-state index contributed by atoms with van der Waals surface area (Å²) in [6, 6.07) is 36.7. The number of urea groups is 1. The summed E-state index contributed by atoms with van der Waals surface area (Å²) in [5.41, 5.74) is 11.4. The fraction of sp³-hybridized carbons (Fsp3) is 0.442. The quantitative estimate of drug-likeness (QED) is 0.00615. The lowest BCUT2D eigenvalue weighted by atomic mass is 9.81. The number of morpholine rings is 1. The number of carbonyl (C=O) groups excluding carboxylic acids is 5. The second-order valence-corrected chi connectivity index (χ2v) is 33.4. The maximum absolute atomic E-state index is 14.4. The Bertz CT molecular complexity index is 5030. The number of para-hydroxylation sites is 1. The van der Waals surface area contributed by atoms with Crippen molar-refractivity contribution < 1.29 is 63.8 Å². The molecule has 0 spiro atoms. The molecule has 4 heterocycles. The van der Waals surface area contributed by atoms with Crippen LogP contribution in [0.15, 0.2) is 183 Å². The van der Waals surface area contributed by atoms with Gasteiger partial charge in [0, 0.05) is 155 Å². The highest BCUT2D eigenvalue weighted by Gasteiger charge is 2.45. The van der Waals surface area contributed by atoms with Gasteiger partial charge in [-0.2, -0.15) is 14.8 Å². The minimum Gasteiger partial charge on any atom is -0.744 e. The number of aromatic nitrogens is 2. The SMILES string of the molecule is CCN(CC)c1ccc2nc3ccc(N=Nc4ccc(N(C)CCCC(=O)NCC[C@H](NC(=O)[C@H](CC5CCCCC5)NC(=O)N5CCOCC5)C(=O)NCCNC(=O)CCCCC[N+]5=C(C=CC=CC=C6N(CC)c7ccc(S(=O)(=O)[O-])cc7C6(C)C)C(C)(C)c6cc(S(=O)(=O)[O-])ccc65)cc4)cc3[n+](-c3ccccc3)c2c1. The third-order valence-corrected chi connectivity index (χ3v) is 23.9. The number of carbonyl (C=O) groups is 5. The average Bonchev–Trinajstić information content (AvgIpc) is 1.66. The Labute approximate surface area is 669 Å². The van der Waals surface area contributed by atoms with Crippen LogP contribution in [0, 0.1) is 5.92 Å². The molecule has 0 unspecified atom stereocenters. The molecule has 2 atom stereocenters. The average molecular weight is 1590 g/mol. The van der Waals surface area contributed by atoms with Crippen LogP contribution >= 0.6 is 0 Å². The summed E-state index contributed by atoms with van der Waals surface area (Å²) in [5.74, 6) is -1.27. The van der Waals surface area contributed by atoms with Gasteiger partial charge >= 0.3 is 6.03 Å². The lowest BCUT2D eigenvalue weighted by Gasteiger charge is -2.31. The molecule has 26 nitrogen and oxygen atoms in total. The number of likely N-dealkylation sites (N-methyl/N-ethyl adjacent to an activating group) is 1. The summed E-state index contributed by atoms with van der Waals surface area (Å²) in [6.07, 6.45) is 17.7. The number of amides is 6. The molecular formula is C86H108N14O12S2. The van der Waals surface area contributed by atoms with Gasteiger partial charge in [0.15, 0.2) is 5.71 Å². The van der Waals surface area contributed by atoms with E-state index in [1.54, 1.807) is 17.0 Å². The van der Waals surface area contributed by atoms with Crippen LogP contribution in [0.2, 0.25) is 0 Å². The van der Waals surface area contributed by atoms with Crippen molar-refractivity contribution in [1.82, 2.24) is 36.5 Å². The van der Waals surface area contributed by atoms with Gasteiger partial charge < -0.3 is 60.0 Å². The zero-order valence-corrected chi connectivity index (χ0v) is 68.3. The molecule has 606 valence electrons. The minimum absolute atomic E-state index is 0.0403. The van der Waals surface area contributed by atoms with E-state index < -0.39 is 55.0 Å². The van der Waals surface area contributed by atoms with E-state index in [2.05, 4.69) is 105 Å². The fourth-order valence-electron chi connectivity index (χ4n) is 15.9. The van der Waals surface area contributed by atoms with Crippen LogP contribution in [0.25, 0.3) is 27.8 Å². The number of hydrogen-bond acceptors (Lipinski definition) is 18. The second kappa shape index (κ2) is 38.3. The van der Waals surface area contributed by atoms with Gasteiger partial charge in [0.2, 0.25) is 46.0 Å². The highest BCUT2D eigenvalue weighted by molar-refractivity contribution is 7.86. The van der Waals surface area contributed by atoms with E-state index in [0.717, 1.165) is 113 Å². The van der Waals surface area contributed by atoms with Crippen LogP contribution in [0.4, 0.5) is 38.9 Å². The van der Waals surface area contributed by atoms with Crippen molar-refractivity contribution in [3.05, 3.63) is 175 Å². The zero-order chi connectivity index (χ0) is 81.3. The van der Waals surface area contributed by atoms with E-state index in [-0.39, 0.29) is 72.5 Å². The number of fused-ring (bicyclic) bond motifs is 4. The zero-order valence-electron chi connectivity index (χ0n) is 66.7. The molecule has 114 heavy (non-hydrogen) atoms. The fourth-order valence-corrected chi connectivity index (χ4v) is 16.9. The van der Waals surface area contributed by atoms with E-state index in [9.17, 15) is 49.9 Å². The number of benzene rings is 6. The molecule has 3 aliphatic heterocycles. The lowest BCUT2D eigenvalue weighted by molar-refractivity contribution is -0.538. The first-order valence-corrected chi connectivity index (χ1v) is 42.7. The van der Waals surface area contributed by atoms with E-state index in [1.165, 1.54) is 24.3 Å². The molecule has 4 aliphatic rings. The maximum atomic E-state index is 14.4. The van der Waals surface area contributed by atoms with Gasteiger partial charge in [-0.15, -0.1) is 4.57 Å². The maximum Gasteiger partial charge on any atom is 0.318 e. The Hall–Kier alpha value is -10.3. The number of unbranched alkanes of at least 4 members (excludes halogenated alkanes) is 2. The topological polar surface area (TPSA) is 327 Å². The number of anilines is 3. The van der Waals surface area contributed by atoms with Crippen molar-refractivity contribution >= 4 is 112 Å². The molecule has 1 aromatic heterocycles. The lowest BCUT2D eigenvalue weighted by Crippen LogP contribution is -2.57. The molecule has 5 N–H and O–H groups in total. The first-order valence-electron chi connectivity index (χ1n) is 39.9. The monoisotopic (exact) mass is 1590 g/mol. The van der Waals surface area contributed by atoms with Crippen molar-refractivity contribution in [2.75, 3.05) is 100 Å². The molecule has 0 radical (unpaired) electrons. The Morgan fingerprint density at radius 2 is 1.28 bits per heavy atom. The number of rotatable bonds is 35. The predicted octanol–water partition coefficient (Wildman–Crippen LogP) is 12.0. The number of azo groups is 1. The van der Waals surface area contributed by atoms with E-state index in [0.29, 0.717) is 95.0 Å². The Kier molecular flexibility index (Phi) is 28.4. The number of nitrogens with one attached hydrogen (secondary N) is 5. The van der Waals surface area contributed by atoms with E-state index >= 15 is 0 Å². The normalized spacial score (nSPS) is 16.6. The van der Waals surface area contributed by atoms with Crippen molar-refractivity contribution in [3.63, 3.8) is 0 Å². The standard InChI is InChI=1S/C86H108N14O12S2/c1-9-96(10-2)65-38-42-71-77(57-65)100(64-27-18-13-19-28-64)76-56-62(35-41-70(76)90-71)94-93-61-33-36-63(37-34-61)95(8)49-24-32-81(102)87-46-45-72(91-83(104)73(55-60-25-16-12-17-26-60)92-84(105)97-51-53-112-54-52-97)82(103)89-48-47-88-80(101)31-22-15-23-50-99-75-44-40-67(114(109,110)111)59-69(75)86(6,7)79(99)30-21-14-20-29-78-85(4,5)68-58-66(113(106,107)108)39-43-74(68)98(78)11-3/h13-14,18-21,27-30,33-44,56-60,72-73H,9-12,15-17,22-26,31-32,45-55H2,1-8H3,(H5-2,87,88,89,91,92,101,102,103,104,105,106,107,108,109,110,111)/t72-,73-/m0/s1. The number of allylic oxidation sites excluding steroid dienone is 6. The van der Waals surface area contributed by atoms with Crippen LogP contribution < -0.4 is 45.9 Å². The highest BCUT2D eigenvalue weighted by atomic mass is 32.2. The summed E-state index contributed by atoms with van der Waals surface area (Å²) in [7, 11) is -7.47. The summed E-state index contributed by atoms with van der Waals surface area (Å²) < 4.78 is 82.5. The van der Waals surface area contributed by atoms with Gasteiger partial charge in [-0.05, 0) is 163 Å². The Morgan fingerprint density at radius 1 is 0.649 bits per heavy atom. The summed E-state index contributed by atoms with van der Waals surface area (Å²) >= 11 is 0. The molecule has 6 aromatic carbocycles. The summed E-state index contributed by atoms with van der Waals surface area (Å²) in [5, 5.41) is 23.9. The van der Waals surface area contributed by atoms with Gasteiger partial charge in [-0.1, -0.05) is 82.4 Å². The molecule has 6 amide bonds. The largest absolute Gasteiger partial charge is 0.744 e. The van der Waals surface area contributed by atoms with Gasteiger partial charge in [-0.3, -0.25) is 19.2 Å². The van der Waals surface area contributed by atoms with Crippen LogP contribution in [-0.4, -0.2) is 174 Å². The molecule has 7 aromatic rings. The molecule has 11 rings (SSSR count). The van der Waals surface area contributed by atoms with Crippen molar-refractivity contribution in [2.45, 2.75) is 165 Å². The molecular weight excluding hydrogens is 1490 g/mol. The first kappa shape index (κ1) is 84.6. The Morgan fingerprint density at radius 3 is 1.97 bits per heavy atom. The second-order valence-electron chi connectivity index (χ2n) is 30.6. The van der Waals surface area contributed by atoms with Crippen LogP contribution in [0.3, 0.4) is 0 Å². The third-order valence-electron chi connectivity index (χ3n) is 22.2.